The van der Waals surface area contributed by atoms with Gasteiger partial charge in [-0.1, -0.05) is 11.8 Å². The zero-order chi connectivity index (χ0) is 15.6. The molecule has 0 saturated carbocycles. The van der Waals surface area contributed by atoms with Crippen molar-refractivity contribution in [2.24, 2.45) is 0 Å². The minimum absolute atomic E-state index is 0. The summed E-state index contributed by atoms with van der Waals surface area (Å²) in [6.07, 6.45) is -2.74. The van der Waals surface area contributed by atoms with E-state index in [4.69, 9.17) is 4.74 Å². The molecular formula is C14H10F3INO2Y-. The van der Waals surface area contributed by atoms with Gasteiger partial charge in [0, 0.05) is 32.7 Å². The summed E-state index contributed by atoms with van der Waals surface area (Å²) in [4.78, 5) is 12.0. The zero-order valence-corrected chi connectivity index (χ0v) is 16.4. The molecule has 0 atom stereocenters. The molecule has 1 radical (unpaired) electrons. The Kier molecular flexibility index (Phi) is 7.54. The molecule has 2 rings (SSSR count). The van der Waals surface area contributed by atoms with Crippen LogP contribution in [0.3, 0.4) is 0 Å². The Morgan fingerprint density at radius 2 is 2.09 bits per heavy atom. The predicted octanol–water partition coefficient (Wildman–Crippen LogP) is 3.33. The van der Waals surface area contributed by atoms with Crippen LogP contribution in [0.5, 0.6) is 5.75 Å². The van der Waals surface area contributed by atoms with Gasteiger partial charge in [-0.3, -0.25) is 4.79 Å². The normalized spacial score (nSPS) is 10.5. The minimum atomic E-state index is -2.74. The number of rotatable bonds is 4. The largest absolute Gasteiger partial charge is 0.509 e. The van der Waals surface area contributed by atoms with Gasteiger partial charge >= 0.3 is 0 Å². The third-order valence-corrected chi connectivity index (χ3v) is 3.58. The van der Waals surface area contributed by atoms with Crippen molar-refractivity contribution in [3.8, 4) is 17.0 Å². The molecule has 0 aliphatic rings. The van der Waals surface area contributed by atoms with E-state index < -0.39 is 24.3 Å². The van der Waals surface area contributed by atoms with Crippen LogP contribution in [0.15, 0.2) is 29.1 Å². The maximum atomic E-state index is 14.1. The first-order valence-electron chi connectivity index (χ1n) is 5.87. The Morgan fingerprint density at radius 1 is 1.41 bits per heavy atom. The predicted molar refractivity (Wildman–Crippen MR) is 80.2 cm³/mol. The number of nitrogens with zero attached hydrogens (tertiary/aromatic N) is 1. The Bertz CT molecular complexity index is 722. The number of hydrogen-bond donors (Lipinski definition) is 0. The third-order valence-electron chi connectivity index (χ3n) is 2.81. The average molecular weight is 497 g/mol. The molecule has 8 heteroatoms. The van der Waals surface area contributed by atoms with Gasteiger partial charge in [0.1, 0.15) is 0 Å². The Balaban J connectivity index is 0.00000242. The number of ether oxygens (including phenoxy) is 1. The van der Waals surface area contributed by atoms with Gasteiger partial charge in [-0.15, -0.1) is 22.6 Å². The molecule has 0 aliphatic carbocycles. The Labute approximate surface area is 163 Å². The van der Waals surface area contributed by atoms with Gasteiger partial charge < -0.3 is 9.30 Å². The van der Waals surface area contributed by atoms with Crippen molar-refractivity contribution in [2.75, 3.05) is 7.11 Å². The molecule has 0 bridgehead atoms. The van der Waals surface area contributed by atoms with Crippen LogP contribution in [0.1, 0.15) is 0 Å². The number of benzene rings is 1. The summed E-state index contributed by atoms with van der Waals surface area (Å²) in [6.45, 7) is -0.834. The summed E-state index contributed by atoms with van der Waals surface area (Å²) in [7, 11) is 1.33. The average Bonchev–Trinajstić information content (AvgIpc) is 2.44. The first-order valence-corrected chi connectivity index (χ1v) is 6.95. The van der Waals surface area contributed by atoms with Gasteiger partial charge in [0.25, 0.3) is 6.43 Å². The van der Waals surface area contributed by atoms with Crippen LogP contribution in [0.4, 0.5) is 13.2 Å². The van der Waals surface area contributed by atoms with Crippen LogP contribution >= 0.6 is 22.6 Å². The summed E-state index contributed by atoms with van der Waals surface area (Å²) < 4.78 is 45.6. The first-order chi connectivity index (χ1) is 9.95. The molecule has 0 N–H and O–H groups in total. The van der Waals surface area contributed by atoms with E-state index >= 15 is 0 Å². The van der Waals surface area contributed by atoms with E-state index in [1.54, 1.807) is 22.6 Å². The number of hydrogen-bond acceptors (Lipinski definition) is 2. The van der Waals surface area contributed by atoms with Crippen molar-refractivity contribution in [3.05, 3.63) is 50.1 Å². The van der Waals surface area contributed by atoms with Gasteiger partial charge in [-0.2, -0.15) is 12.1 Å². The number of alkyl halides is 2. The van der Waals surface area contributed by atoms with Crippen LogP contribution in [-0.4, -0.2) is 18.1 Å². The monoisotopic (exact) mass is 497 g/mol. The second-order valence-corrected chi connectivity index (χ2v) is 5.27. The van der Waals surface area contributed by atoms with Crippen LogP contribution in [0.25, 0.3) is 11.3 Å². The van der Waals surface area contributed by atoms with Crippen LogP contribution in [0, 0.1) is 15.5 Å². The first kappa shape index (κ1) is 19.6. The molecule has 3 nitrogen and oxygen atoms in total. The molecule has 2 aromatic rings. The van der Waals surface area contributed by atoms with E-state index in [1.165, 1.54) is 31.4 Å². The molecule has 1 aromatic heterocycles. The molecular weight excluding hydrogens is 487 g/mol. The molecule has 0 fully saturated rings. The minimum Gasteiger partial charge on any atom is -0.509 e. The summed E-state index contributed by atoms with van der Waals surface area (Å²) in [5.74, 6) is -0.524. The van der Waals surface area contributed by atoms with Crippen molar-refractivity contribution < 1.29 is 50.6 Å². The fourth-order valence-electron chi connectivity index (χ4n) is 1.93. The molecule has 0 saturated heterocycles. The summed E-state index contributed by atoms with van der Waals surface area (Å²) in [5.41, 5.74) is -0.736. The molecule has 0 amide bonds. The maximum Gasteiger partial charge on any atom is 0.256 e. The van der Waals surface area contributed by atoms with E-state index in [9.17, 15) is 18.0 Å². The van der Waals surface area contributed by atoms with Crippen molar-refractivity contribution in [1.29, 1.82) is 0 Å². The van der Waals surface area contributed by atoms with Crippen LogP contribution < -0.4 is 10.3 Å². The van der Waals surface area contributed by atoms with Gasteiger partial charge in [0.05, 0.1) is 25.2 Å². The standard InChI is InChI=1S/C14H10F3INO2.Y/c1-21-11-4-2-3-8(15)13(11)10-6-5-9(18)14(20)19(10)7-12(16)17;/h2-5,12H,7H2,1H3;/q-1;. The Hall–Kier alpha value is -0.406. The number of pyridine rings is 1. The van der Waals surface area contributed by atoms with Crippen molar-refractivity contribution in [1.82, 2.24) is 4.57 Å². The molecule has 0 aliphatic heterocycles. The van der Waals surface area contributed by atoms with E-state index in [-0.39, 0.29) is 53.3 Å². The smallest absolute Gasteiger partial charge is 0.256 e. The fraction of sp³-hybridized carbons (Fsp3) is 0.214. The van der Waals surface area contributed by atoms with Gasteiger partial charge in [-0.25, -0.2) is 13.2 Å². The molecule has 1 aromatic carbocycles. The van der Waals surface area contributed by atoms with Gasteiger partial charge in [0.2, 0.25) is 5.56 Å². The second kappa shape index (κ2) is 8.45. The zero-order valence-electron chi connectivity index (χ0n) is 11.4. The fourth-order valence-corrected chi connectivity index (χ4v) is 2.37. The van der Waals surface area contributed by atoms with Crippen molar-refractivity contribution in [3.63, 3.8) is 0 Å². The third kappa shape index (κ3) is 4.11. The van der Waals surface area contributed by atoms with Crippen LogP contribution in [-0.2, 0) is 39.3 Å². The SMILES string of the molecule is COc1cccc(F)c1-c1[c-]cc(I)c(=O)n1CC(F)F.[Y]. The van der Waals surface area contributed by atoms with E-state index in [2.05, 4.69) is 6.07 Å². The number of aromatic nitrogens is 1. The second-order valence-electron chi connectivity index (χ2n) is 4.11. The summed E-state index contributed by atoms with van der Waals surface area (Å²) in [5, 5.41) is 0. The molecule has 0 unspecified atom stereocenters. The van der Waals surface area contributed by atoms with E-state index in [0.717, 1.165) is 4.57 Å². The van der Waals surface area contributed by atoms with E-state index in [0.29, 0.717) is 0 Å². The molecule has 115 valence electrons. The van der Waals surface area contributed by atoms with E-state index in [1.807, 2.05) is 0 Å². The van der Waals surface area contributed by atoms with Crippen molar-refractivity contribution >= 4 is 22.6 Å². The number of halogens is 4. The quantitative estimate of drug-likeness (QED) is 0.480. The van der Waals surface area contributed by atoms with Crippen LogP contribution in [0.2, 0.25) is 0 Å². The molecule has 1 heterocycles. The van der Waals surface area contributed by atoms with Gasteiger partial charge in [0.15, 0.2) is 0 Å². The van der Waals surface area contributed by atoms with Crippen molar-refractivity contribution in [2.45, 2.75) is 13.0 Å². The Morgan fingerprint density at radius 3 is 2.68 bits per heavy atom. The molecule has 0 spiro atoms. The maximum absolute atomic E-state index is 14.1. The van der Waals surface area contributed by atoms with Gasteiger partial charge in [-0.05, 0) is 21.3 Å². The summed E-state index contributed by atoms with van der Waals surface area (Å²) >= 11 is 1.72. The molecule has 22 heavy (non-hydrogen) atoms. The summed E-state index contributed by atoms with van der Waals surface area (Å²) in [6, 6.07) is 8.11. The topological polar surface area (TPSA) is 31.2 Å². The number of methoxy groups -OCH3 is 1.